The minimum atomic E-state index is 0.826. The van der Waals surface area contributed by atoms with Crippen LogP contribution in [0.3, 0.4) is 0 Å². The van der Waals surface area contributed by atoms with Gasteiger partial charge in [0.2, 0.25) is 0 Å². The fraction of sp³-hybridized carbons (Fsp3) is 0.500. The maximum atomic E-state index is 6.13. The Kier molecular flexibility index (Phi) is 4.27. The summed E-state index contributed by atoms with van der Waals surface area (Å²) >= 11 is 6.13. The van der Waals surface area contributed by atoms with Gasteiger partial charge in [-0.25, -0.2) is 0 Å². The van der Waals surface area contributed by atoms with Crippen molar-refractivity contribution in [1.82, 2.24) is 0 Å². The van der Waals surface area contributed by atoms with Gasteiger partial charge in [-0.1, -0.05) is 31.5 Å². The average molecular weight is 213 g/mol. The summed E-state index contributed by atoms with van der Waals surface area (Å²) in [5, 5.41) is 0.882. The summed E-state index contributed by atoms with van der Waals surface area (Å²) < 4.78 is 5.47. The zero-order chi connectivity index (χ0) is 10.6. The predicted molar refractivity (Wildman–Crippen MR) is 61.4 cm³/mol. The first kappa shape index (κ1) is 11.4. The molecule has 2 heteroatoms. The van der Waals surface area contributed by atoms with Crippen LogP contribution >= 0.6 is 11.6 Å². The van der Waals surface area contributed by atoms with E-state index in [4.69, 9.17) is 16.3 Å². The van der Waals surface area contributed by atoms with Crippen molar-refractivity contribution >= 4 is 11.6 Å². The normalized spacial score (nSPS) is 13.4. The van der Waals surface area contributed by atoms with Crippen LogP contribution in [0.25, 0.3) is 0 Å². The van der Waals surface area contributed by atoms with Gasteiger partial charge in [0.25, 0.3) is 0 Å². The maximum Gasteiger partial charge on any atom is 0.123 e. The molecular formula is C12H17ClO. The first-order valence-electron chi connectivity index (χ1n) is 5.20. The number of hydrogen-bond donors (Lipinski definition) is 0. The number of aryl methyl sites for hydroxylation is 1. The van der Waals surface area contributed by atoms with E-state index in [0.717, 1.165) is 35.8 Å². The molecule has 0 amide bonds. The van der Waals surface area contributed by atoms with Crippen molar-refractivity contribution in [3.8, 4) is 5.75 Å². The zero-order valence-electron chi connectivity index (χ0n) is 9.06. The SMILES string of the molecule is CC.Cc1ccc2c(c1Cl)CCCO2. The quantitative estimate of drug-likeness (QED) is 0.632. The molecule has 0 aromatic heterocycles. The third kappa shape index (κ3) is 2.21. The number of halogens is 1. The lowest BCUT2D eigenvalue weighted by atomic mass is 10.0. The molecule has 14 heavy (non-hydrogen) atoms. The van der Waals surface area contributed by atoms with Crippen molar-refractivity contribution in [2.45, 2.75) is 33.6 Å². The summed E-state index contributed by atoms with van der Waals surface area (Å²) in [6, 6.07) is 4.02. The van der Waals surface area contributed by atoms with Gasteiger partial charge in [0.1, 0.15) is 5.75 Å². The highest BCUT2D eigenvalue weighted by Crippen LogP contribution is 2.32. The molecule has 0 fully saturated rings. The Bertz CT molecular complexity index is 307. The lowest BCUT2D eigenvalue weighted by molar-refractivity contribution is 0.288. The van der Waals surface area contributed by atoms with Crippen LogP contribution in [0.1, 0.15) is 31.4 Å². The molecule has 1 heterocycles. The van der Waals surface area contributed by atoms with Crippen LogP contribution in [-0.4, -0.2) is 6.61 Å². The fourth-order valence-corrected chi connectivity index (χ4v) is 1.77. The molecule has 0 radical (unpaired) electrons. The van der Waals surface area contributed by atoms with Crippen LogP contribution in [0.4, 0.5) is 0 Å². The lowest BCUT2D eigenvalue weighted by Gasteiger charge is -2.18. The standard InChI is InChI=1S/C10H11ClO.C2H6/c1-7-4-5-9-8(10(7)11)3-2-6-12-9;1-2/h4-5H,2-3,6H2,1H3;1-2H3. The Labute approximate surface area is 91.0 Å². The average Bonchev–Trinajstić information content (AvgIpc) is 2.27. The minimum Gasteiger partial charge on any atom is -0.493 e. The van der Waals surface area contributed by atoms with Gasteiger partial charge < -0.3 is 4.74 Å². The van der Waals surface area contributed by atoms with Crippen LogP contribution < -0.4 is 4.74 Å². The van der Waals surface area contributed by atoms with Gasteiger partial charge >= 0.3 is 0 Å². The van der Waals surface area contributed by atoms with Crippen molar-refractivity contribution in [2.24, 2.45) is 0 Å². The third-order valence-corrected chi connectivity index (χ3v) is 2.75. The van der Waals surface area contributed by atoms with Gasteiger partial charge in [0, 0.05) is 5.56 Å². The van der Waals surface area contributed by atoms with E-state index in [1.807, 2.05) is 32.9 Å². The highest BCUT2D eigenvalue weighted by Gasteiger charge is 2.14. The summed E-state index contributed by atoms with van der Waals surface area (Å²) in [5.41, 5.74) is 2.32. The first-order chi connectivity index (χ1) is 6.79. The summed E-state index contributed by atoms with van der Waals surface area (Å²) in [5.74, 6) is 0.969. The highest BCUT2D eigenvalue weighted by atomic mass is 35.5. The van der Waals surface area contributed by atoms with Gasteiger partial charge in [-0.05, 0) is 31.4 Å². The van der Waals surface area contributed by atoms with E-state index < -0.39 is 0 Å². The van der Waals surface area contributed by atoms with Crippen LogP contribution in [0, 0.1) is 6.92 Å². The van der Waals surface area contributed by atoms with Gasteiger partial charge in [-0.3, -0.25) is 0 Å². The molecule has 0 saturated carbocycles. The van der Waals surface area contributed by atoms with E-state index >= 15 is 0 Å². The lowest BCUT2D eigenvalue weighted by Crippen LogP contribution is -2.08. The molecule has 0 atom stereocenters. The van der Waals surface area contributed by atoms with E-state index in [2.05, 4.69) is 0 Å². The Hall–Kier alpha value is -0.690. The number of ether oxygens (including phenoxy) is 1. The Morgan fingerprint density at radius 3 is 2.71 bits per heavy atom. The topological polar surface area (TPSA) is 9.23 Å². The molecule has 1 nitrogen and oxygen atoms in total. The molecule has 0 spiro atoms. The Balaban J connectivity index is 0.000000461. The molecule has 0 bridgehead atoms. The zero-order valence-corrected chi connectivity index (χ0v) is 9.82. The van der Waals surface area contributed by atoms with E-state index in [1.165, 1.54) is 5.56 Å². The molecule has 78 valence electrons. The highest BCUT2D eigenvalue weighted by molar-refractivity contribution is 6.32. The molecule has 1 aliphatic rings. The van der Waals surface area contributed by atoms with Crippen molar-refractivity contribution in [2.75, 3.05) is 6.61 Å². The van der Waals surface area contributed by atoms with E-state index in [9.17, 15) is 0 Å². The number of hydrogen-bond acceptors (Lipinski definition) is 1. The molecular weight excluding hydrogens is 196 g/mol. The molecule has 2 rings (SSSR count). The monoisotopic (exact) mass is 212 g/mol. The van der Waals surface area contributed by atoms with Gasteiger partial charge in [0.15, 0.2) is 0 Å². The second-order valence-electron chi connectivity index (χ2n) is 3.13. The third-order valence-electron chi connectivity index (χ3n) is 2.22. The smallest absolute Gasteiger partial charge is 0.123 e. The van der Waals surface area contributed by atoms with E-state index in [1.54, 1.807) is 0 Å². The number of benzene rings is 1. The summed E-state index contributed by atoms with van der Waals surface area (Å²) in [6.07, 6.45) is 2.13. The van der Waals surface area contributed by atoms with E-state index in [-0.39, 0.29) is 0 Å². The van der Waals surface area contributed by atoms with Crippen LogP contribution in [-0.2, 0) is 6.42 Å². The van der Waals surface area contributed by atoms with Gasteiger partial charge in [0.05, 0.1) is 11.6 Å². The summed E-state index contributed by atoms with van der Waals surface area (Å²) in [6.45, 7) is 6.85. The second kappa shape index (κ2) is 5.26. The largest absolute Gasteiger partial charge is 0.493 e. The Morgan fingerprint density at radius 1 is 1.29 bits per heavy atom. The van der Waals surface area contributed by atoms with Crippen molar-refractivity contribution < 1.29 is 4.74 Å². The van der Waals surface area contributed by atoms with Crippen LogP contribution in [0.5, 0.6) is 5.75 Å². The predicted octanol–water partition coefficient (Wildman–Crippen LogP) is 4.00. The minimum absolute atomic E-state index is 0.826. The van der Waals surface area contributed by atoms with Gasteiger partial charge in [-0.15, -0.1) is 0 Å². The number of rotatable bonds is 0. The van der Waals surface area contributed by atoms with Crippen molar-refractivity contribution in [3.63, 3.8) is 0 Å². The van der Waals surface area contributed by atoms with Crippen molar-refractivity contribution in [1.29, 1.82) is 0 Å². The first-order valence-corrected chi connectivity index (χ1v) is 5.57. The fourth-order valence-electron chi connectivity index (χ4n) is 1.52. The maximum absolute atomic E-state index is 6.13. The van der Waals surface area contributed by atoms with Crippen molar-refractivity contribution in [3.05, 3.63) is 28.3 Å². The van der Waals surface area contributed by atoms with Gasteiger partial charge in [-0.2, -0.15) is 0 Å². The molecule has 0 N–H and O–H groups in total. The molecule has 1 aromatic carbocycles. The number of fused-ring (bicyclic) bond motifs is 1. The molecule has 0 saturated heterocycles. The Morgan fingerprint density at radius 2 is 2.00 bits per heavy atom. The van der Waals surface area contributed by atoms with Crippen LogP contribution in [0.15, 0.2) is 12.1 Å². The van der Waals surface area contributed by atoms with Crippen LogP contribution in [0.2, 0.25) is 5.02 Å². The molecule has 0 aliphatic carbocycles. The molecule has 1 aliphatic heterocycles. The second-order valence-corrected chi connectivity index (χ2v) is 3.50. The summed E-state index contributed by atoms with van der Waals surface area (Å²) in [4.78, 5) is 0. The molecule has 1 aromatic rings. The summed E-state index contributed by atoms with van der Waals surface area (Å²) in [7, 11) is 0. The molecule has 0 unspecified atom stereocenters. The van der Waals surface area contributed by atoms with E-state index in [0.29, 0.717) is 0 Å².